The minimum absolute atomic E-state index is 0.0964. The summed E-state index contributed by atoms with van der Waals surface area (Å²) < 4.78 is 33.8. The van der Waals surface area contributed by atoms with Crippen LogP contribution >= 0.6 is 11.8 Å². The van der Waals surface area contributed by atoms with Crippen LogP contribution in [0.5, 0.6) is 0 Å². The molecule has 8 nitrogen and oxygen atoms in total. The molecule has 0 saturated carbocycles. The van der Waals surface area contributed by atoms with Crippen molar-refractivity contribution in [3.8, 4) is 0 Å². The molecule has 2 N–H and O–H groups in total. The number of aromatic nitrogens is 5. The Morgan fingerprint density at radius 3 is 2.70 bits per heavy atom. The van der Waals surface area contributed by atoms with Crippen LogP contribution in [0.15, 0.2) is 29.9 Å². The molecule has 0 radical (unpaired) electrons. The molecule has 0 aliphatic carbocycles. The number of halogens is 2. The lowest BCUT2D eigenvalue weighted by atomic mass is 10.1. The lowest BCUT2D eigenvalue weighted by Gasteiger charge is -2.16. The second kappa shape index (κ2) is 7.08. The van der Waals surface area contributed by atoms with Gasteiger partial charge in [0.05, 0.1) is 24.3 Å². The van der Waals surface area contributed by atoms with Crippen LogP contribution in [0.4, 0.5) is 8.78 Å². The third-order valence-corrected chi connectivity index (χ3v) is 5.30. The normalized spacial score (nSPS) is 25.4. The number of ether oxygens (including phenoxy) is 1. The van der Waals surface area contributed by atoms with Crippen LogP contribution in [0.25, 0.3) is 11.2 Å². The van der Waals surface area contributed by atoms with Gasteiger partial charge in [-0.05, 0) is 6.92 Å². The summed E-state index contributed by atoms with van der Waals surface area (Å²) in [7, 11) is 0. The zero-order valence-corrected chi connectivity index (χ0v) is 14.8. The molecule has 0 bridgehead atoms. The molecular weight excluding hydrogens is 380 g/mol. The molecule has 142 valence electrons. The van der Waals surface area contributed by atoms with Gasteiger partial charge in [0.15, 0.2) is 11.9 Å². The first kappa shape index (κ1) is 18.2. The molecule has 27 heavy (non-hydrogen) atoms. The van der Waals surface area contributed by atoms with Crippen molar-refractivity contribution >= 4 is 22.9 Å². The van der Waals surface area contributed by atoms with Crippen LogP contribution in [0, 0.1) is 11.6 Å². The molecule has 4 heterocycles. The van der Waals surface area contributed by atoms with Crippen LogP contribution in [-0.4, -0.2) is 53.0 Å². The molecule has 0 aromatic carbocycles. The van der Waals surface area contributed by atoms with Crippen molar-refractivity contribution in [2.75, 3.05) is 0 Å². The second-order valence-corrected chi connectivity index (χ2v) is 7.05. The maximum atomic E-state index is 13.8. The lowest BCUT2D eigenvalue weighted by molar-refractivity contribution is -0.0299. The van der Waals surface area contributed by atoms with E-state index in [4.69, 9.17) is 4.74 Å². The Balaban J connectivity index is 1.61. The molecule has 1 aliphatic heterocycles. The number of aliphatic hydroxyl groups is 2. The predicted octanol–water partition coefficient (Wildman–Crippen LogP) is 1.43. The fraction of sp³-hybridized carbons (Fsp3) is 0.375. The Hall–Kier alpha value is -2.21. The lowest BCUT2D eigenvalue weighted by Crippen LogP contribution is -2.30. The maximum absolute atomic E-state index is 13.8. The smallest absolute Gasteiger partial charge is 0.166 e. The van der Waals surface area contributed by atoms with E-state index in [2.05, 4.69) is 19.9 Å². The van der Waals surface area contributed by atoms with Gasteiger partial charge < -0.3 is 14.9 Å². The highest BCUT2D eigenvalue weighted by molar-refractivity contribution is 7.98. The fourth-order valence-corrected chi connectivity index (χ4v) is 3.75. The highest BCUT2D eigenvalue weighted by Gasteiger charge is 2.42. The minimum Gasteiger partial charge on any atom is -0.388 e. The van der Waals surface area contributed by atoms with Crippen LogP contribution in [0.3, 0.4) is 0 Å². The summed E-state index contributed by atoms with van der Waals surface area (Å²) in [6, 6.07) is 0.776. The molecule has 1 unspecified atom stereocenters. The van der Waals surface area contributed by atoms with Crippen molar-refractivity contribution in [3.05, 3.63) is 42.2 Å². The quantitative estimate of drug-likeness (QED) is 0.505. The number of aliphatic hydroxyl groups excluding tert-OH is 2. The summed E-state index contributed by atoms with van der Waals surface area (Å²) in [5.74, 6) is -1.34. The Labute approximate surface area is 156 Å². The third-order valence-electron chi connectivity index (χ3n) is 4.31. The van der Waals surface area contributed by atoms with Gasteiger partial charge in [0.25, 0.3) is 0 Å². The number of hydrogen-bond acceptors (Lipinski definition) is 8. The van der Waals surface area contributed by atoms with E-state index < -0.39 is 36.2 Å². The molecule has 3 aromatic heterocycles. The molecule has 1 fully saturated rings. The summed E-state index contributed by atoms with van der Waals surface area (Å²) in [6.45, 7) is 1.66. The number of imidazole rings is 1. The molecule has 0 spiro atoms. The summed E-state index contributed by atoms with van der Waals surface area (Å²) in [6.07, 6.45) is 0.206. The Morgan fingerprint density at radius 2 is 2.00 bits per heavy atom. The van der Waals surface area contributed by atoms with Gasteiger partial charge >= 0.3 is 0 Å². The molecule has 4 rings (SSSR count). The molecule has 0 amide bonds. The van der Waals surface area contributed by atoms with E-state index in [-0.39, 0.29) is 11.4 Å². The highest BCUT2D eigenvalue weighted by atomic mass is 32.2. The number of hydrogen-bond donors (Lipinski definition) is 2. The summed E-state index contributed by atoms with van der Waals surface area (Å²) >= 11 is 1.18. The van der Waals surface area contributed by atoms with E-state index in [1.54, 1.807) is 6.92 Å². The number of thioether (sulfide) groups is 1. The van der Waals surface area contributed by atoms with Gasteiger partial charge in [0.2, 0.25) is 0 Å². The highest BCUT2D eigenvalue weighted by Crippen LogP contribution is 2.33. The van der Waals surface area contributed by atoms with E-state index in [0.717, 1.165) is 12.3 Å². The van der Waals surface area contributed by atoms with Gasteiger partial charge in [-0.3, -0.25) is 9.55 Å². The van der Waals surface area contributed by atoms with E-state index in [1.165, 1.54) is 29.0 Å². The van der Waals surface area contributed by atoms with Gasteiger partial charge in [-0.1, -0.05) is 11.8 Å². The SMILES string of the molecule is C[C@H]1OC(n2cnc3c(SCc4ncc(F)cc4F)ncnc32)[C@H](O)[C@@H]1O. The Bertz CT molecular complexity index is 988. The summed E-state index contributed by atoms with van der Waals surface area (Å²) in [4.78, 5) is 16.3. The average Bonchev–Trinajstić information content (AvgIpc) is 3.18. The van der Waals surface area contributed by atoms with Crippen LogP contribution in [0.2, 0.25) is 0 Å². The summed E-state index contributed by atoms with van der Waals surface area (Å²) in [5.41, 5.74) is 0.944. The number of fused-ring (bicyclic) bond motifs is 1. The largest absolute Gasteiger partial charge is 0.388 e. The van der Waals surface area contributed by atoms with Crippen molar-refractivity contribution in [2.24, 2.45) is 0 Å². The summed E-state index contributed by atoms with van der Waals surface area (Å²) in [5, 5.41) is 20.6. The maximum Gasteiger partial charge on any atom is 0.166 e. The van der Waals surface area contributed by atoms with Crippen molar-refractivity contribution in [1.29, 1.82) is 0 Å². The standard InChI is InChI=1S/C16H15F2N5O3S/c1-7-12(24)13(25)16(26-7)23-6-22-11-14(23)20-5-21-15(11)27-4-10-9(18)2-8(17)3-19-10/h2-3,5-7,12-13,16,24-25H,4H2,1H3/t7-,12-,13-,16?/m1/s1. The number of rotatable bonds is 4. The van der Waals surface area contributed by atoms with Crippen molar-refractivity contribution in [3.63, 3.8) is 0 Å². The van der Waals surface area contributed by atoms with Crippen molar-refractivity contribution < 1.29 is 23.7 Å². The first-order valence-electron chi connectivity index (χ1n) is 8.07. The Kier molecular flexibility index (Phi) is 4.76. The zero-order chi connectivity index (χ0) is 19.1. The molecule has 1 saturated heterocycles. The molecule has 11 heteroatoms. The van der Waals surface area contributed by atoms with Crippen LogP contribution in [0.1, 0.15) is 18.8 Å². The van der Waals surface area contributed by atoms with Gasteiger partial charge in [0.1, 0.15) is 40.7 Å². The van der Waals surface area contributed by atoms with Crippen molar-refractivity contribution in [2.45, 2.75) is 42.2 Å². The second-order valence-electron chi connectivity index (χ2n) is 6.09. The third kappa shape index (κ3) is 3.27. The molecule has 3 aromatic rings. The predicted molar refractivity (Wildman–Crippen MR) is 90.6 cm³/mol. The molecular formula is C16H15F2N5O3S. The topological polar surface area (TPSA) is 106 Å². The van der Waals surface area contributed by atoms with Crippen molar-refractivity contribution in [1.82, 2.24) is 24.5 Å². The first-order chi connectivity index (χ1) is 13.0. The minimum atomic E-state index is -1.12. The van der Waals surface area contributed by atoms with E-state index in [9.17, 15) is 19.0 Å². The molecule has 1 aliphatic rings. The fourth-order valence-electron chi connectivity index (χ4n) is 2.87. The van der Waals surface area contributed by atoms with Crippen LogP contribution in [-0.2, 0) is 10.5 Å². The molecule has 4 atom stereocenters. The number of nitrogens with zero attached hydrogens (tertiary/aromatic N) is 5. The van der Waals surface area contributed by atoms with E-state index in [0.29, 0.717) is 16.2 Å². The first-order valence-corrected chi connectivity index (χ1v) is 9.06. The van der Waals surface area contributed by atoms with E-state index in [1.807, 2.05) is 0 Å². The Morgan fingerprint density at radius 1 is 1.19 bits per heavy atom. The average molecular weight is 395 g/mol. The zero-order valence-electron chi connectivity index (χ0n) is 14.0. The van der Waals surface area contributed by atoms with Crippen LogP contribution < -0.4 is 0 Å². The monoisotopic (exact) mass is 395 g/mol. The van der Waals surface area contributed by atoms with Gasteiger partial charge in [-0.15, -0.1) is 0 Å². The van der Waals surface area contributed by atoms with Gasteiger partial charge in [-0.25, -0.2) is 23.7 Å². The van der Waals surface area contributed by atoms with Gasteiger partial charge in [0, 0.05) is 11.8 Å². The van der Waals surface area contributed by atoms with E-state index >= 15 is 0 Å². The van der Waals surface area contributed by atoms with Gasteiger partial charge in [-0.2, -0.15) is 0 Å². The number of pyridine rings is 1.